The fourth-order valence-electron chi connectivity index (χ4n) is 3.25. The maximum atomic E-state index is 6.01. The number of hydrogen-bond donors (Lipinski definition) is 2. The Morgan fingerprint density at radius 3 is 2.38 bits per heavy atom. The average molecular weight is 452 g/mol. The first-order chi connectivity index (χ1) is 11.2. The molecule has 0 aromatic carbocycles. The number of ether oxygens (including phenoxy) is 1. The molecule has 0 heterocycles. The molecule has 142 valence electrons. The summed E-state index contributed by atoms with van der Waals surface area (Å²) in [7, 11) is 4.05. The van der Waals surface area contributed by atoms with Crippen LogP contribution in [0.25, 0.3) is 0 Å². The van der Waals surface area contributed by atoms with Crippen molar-refractivity contribution in [3.05, 3.63) is 0 Å². The smallest absolute Gasteiger partial charge is 0.191 e. The van der Waals surface area contributed by atoms with Gasteiger partial charge in [-0.1, -0.05) is 25.7 Å². The van der Waals surface area contributed by atoms with Crippen molar-refractivity contribution in [2.45, 2.75) is 76.5 Å². The first kappa shape index (κ1) is 22.0. The quantitative estimate of drug-likeness (QED) is 0.196. The van der Waals surface area contributed by atoms with Gasteiger partial charge in [0, 0.05) is 32.2 Å². The molecule has 0 bridgehead atoms. The number of nitrogens with one attached hydrogen (secondary N) is 2. The Kier molecular flexibility index (Phi) is 11.3. The lowest BCUT2D eigenvalue weighted by atomic mass is 10.1. The summed E-state index contributed by atoms with van der Waals surface area (Å²) in [5.74, 6) is 0.880. The molecule has 2 aliphatic rings. The van der Waals surface area contributed by atoms with E-state index in [1.165, 1.54) is 51.4 Å². The Labute approximate surface area is 165 Å². The molecule has 5 nitrogen and oxygen atoms in total. The molecule has 2 fully saturated rings. The highest BCUT2D eigenvalue weighted by molar-refractivity contribution is 14.0. The largest absolute Gasteiger partial charge is 0.376 e. The van der Waals surface area contributed by atoms with Gasteiger partial charge in [0.25, 0.3) is 0 Å². The van der Waals surface area contributed by atoms with E-state index in [9.17, 15) is 0 Å². The Hall–Kier alpha value is -0.0800. The van der Waals surface area contributed by atoms with Crippen molar-refractivity contribution >= 4 is 29.9 Å². The van der Waals surface area contributed by atoms with Gasteiger partial charge in [-0.25, -0.2) is 0 Å². The van der Waals surface area contributed by atoms with Crippen molar-refractivity contribution in [3.63, 3.8) is 0 Å². The standard InChI is InChI=1S/C18H36N4O.HI/c1-15(22(3)16-10-11-16)14-21-18(19-2)20-12-13-23-17-8-6-4-5-7-9-17;/h15-17H,4-14H2,1-3H3,(H2,19,20,21);1H. The number of rotatable bonds is 8. The molecule has 1 unspecified atom stereocenters. The zero-order valence-electron chi connectivity index (χ0n) is 15.7. The topological polar surface area (TPSA) is 48.9 Å². The summed E-state index contributed by atoms with van der Waals surface area (Å²) in [5.41, 5.74) is 0. The average Bonchev–Trinajstić information content (AvgIpc) is 3.40. The third kappa shape index (κ3) is 8.34. The van der Waals surface area contributed by atoms with E-state index in [4.69, 9.17) is 4.74 Å². The van der Waals surface area contributed by atoms with Gasteiger partial charge in [0.2, 0.25) is 0 Å². The van der Waals surface area contributed by atoms with Gasteiger partial charge in [-0.2, -0.15) is 0 Å². The monoisotopic (exact) mass is 452 g/mol. The van der Waals surface area contributed by atoms with Crippen molar-refractivity contribution in [2.75, 3.05) is 33.8 Å². The van der Waals surface area contributed by atoms with Crippen LogP contribution in [0.1, 0.15) is 58.3 Å². The molecule has 0 radical (unpaired) electrons. The van der Waals surface area contributed by atoms with Crippen LogP contribution in [-0.4, -0.2) is 62.8 Å². The fraction of sp³-hybridized carbons (Fsp3) is 0.944. The number of halogens is 1. The van der Waals surface area contributed by atoms with Crippen LogP contribution in [0.15, 0.2) is 4.99 Å². The maximum Gasteiger partial charge on any atom is 0.191 e. The van der Waals surface area contributed by atoms with Gasteiger partial charge in [-0.15, -0.1) is 24.0 Å². The molecule has 6 heteroatoms. The first-order valence-corrected chi connectivity index (χ1v) is 9.48. The van der Waals surface area contributed by atoms with E-state index in [0.717, 1.165) is 31.7 Å². The lowest BCUT2D eigenvalue weighted by molar-refractivity contribution is 0.0468. The summed E-state index contributed by atoms with van der Waals surface area (Å²) in [6.07, 6.45) is 11.1. The van der Waals surface area contributed by atoms with Gasteiger partial charge < -0.3 is 15.4 Å². The van der Waals surface area contributed by atoms with Gasteiger partial charge in [0.15, 0.2) is 5.96 Å². The third-order valence-corrected chi connectivity index (χ3v) is 5.16. The summed E-state index contributed by atoms with van der Waals surface area (Å²) in [5, 5.41) is 6.78. The Morgan fingerprint density at radius 1 is 1.12 bits per heavy atom. The lowest BCUT2D eigenvalue weighted by Gasteiger charge is -2.25. The highest BCUT2D eigenvalue weighted by atomic mass is 127. The van der Waals surface area contributed by atoms with Gasteiger partial charge in [-0.05, 0) is 39.7 Å². The van der Waals surface area contributed by atoms with E-state index >= 15 is 0 Å². The molecule has 2 N–H and O–H groups in total. The molecular formula is C18H37IN4O. The Bertz CT molecular complexity index is 355. The second-order valence-electron chi connectivity index (χ2n) is 7.11. The van der Waals surface area contributed by atoms with Crippen molar-refractivity contribution in [3.8, 4) is 0 Å². The highest BCUT2D eigenvalue weighted by Crippen LogP contribution is 2.26. The van der Waals surface area contributed by atoms with E-state index in [-0.39, 0.29) is 24.0 Å². The minimum absolute atomic E-state index is 0. The van der Waals surface area contributed by atoms with Crippen molar-refractivity contribution in [2.24, 2.45) is 4.99 Å². The number of hydrogen-bond acceptors (Lipinski definition) is 3. The van der Waals surface area contributed by atoms with Crippen LogP contribution in [0.2, 0.25) is 0 Å². The van der Waals surface area contributed by atoms with Gasteiger partial charge in [-0.3, -0.25) is 9.89 Å². The zero-order chi connectivity index (χ0) is 16.5. The second kappa shape index (κ2) is 12.3. The maximum absolute atomic E-state index is 6.01. The van der Waals surface area contributed by atoms with E-state index in [1.54, 1.807) is 0 Å². The summed E-state index contributed by atoms with van der Waals surface area (Å²) in [6, 6.07) is 1.33. The van der Waals surface area contributed by atoms with E-state index in [2.05, 4.69) is 34.5 Å². The summed E-state index contributed by atoms with van der Waals surface area (Å²) >= 11 is 0. The van der Waals surface area contributed by atoms with Crippen LogP contribution in [0, 0.1) is 0 Å². The zero-order valence-corrected chi connectivity index (χ0v) is 18.1. The molecular weight excluding hydrogens is 415 g/mol. The molecule has 24 heavy (non-hydrogen) atoms. The normalized spacial score (nSPS) is 21.1. The molecule has 0 aromatic heterocycles. The number of nitrogens with zero attached hydrogens (tertiary/aromatic N) is 2. The van der Waals surface area contributed by atoms with E-state index < -0.39 is 0 Å². The predicted octanol–water partition coefficient (Wildman–Crippen LogP) is 2.99. The van der Waals surface area contributed by atoms with Crippen LogP contribution in [0.5, 0.6) is 0 Å². The summed E-state index contributed by atoms with van der Waals surface area (Å²) in [6.45, 7) is 4.79. The van der Waals surface area contributed by atoms with Crippen molar-refractivity contribution in [1.82, 2.24) is 15.5 Å². The van der Waals surface area contributed by atoms with Crippen LogP contribution in [0.3, 0.4) is 0 Å². The molecule has 2 aliphatic carbocycles. The van der Waals surface area contributed by atoms with Crippen molar-refractivity contribution in [1.29, 1.82) is 0 Å². The molecule has 0 spiro atoms. The molecule has 0 aliphatic heterocycles. The van der Waals surface area contributed by atoms with E-state index in [0.29, 0.717) is 12.1 Å². The number of guanidine groups is 1. The summed E-state index contributed by atoms with van der Waals surface area (Å²) in [4.78, 5) is 6.77. The van der Waals surface area contributed by atoms with Crippen LogP contribution >= 0.6 is 24.0 Å². The van der Waals surface area contributed by atoms with Gasteiger partial charge in [0.1, 0.15) is 0 Å². The van der Waals surface area contributed by atoms with Gasteiger partial charge >= 0.3 is 0 Å². The molecule has 1 atom stereocenters. The number of likely N-dealkylation sites (N-methyl/N-ethyl adjacent to an activating group) is 1. The van der Waals surface area contributed by atoms with Crippen molar-refractivity contribution < 1.29 is 4.74 Å². The number of aliphatic imine (C=N–C) groups is 1. The lowest BCUT2D eigenvalue weighted by Crippen LogP contribution is -2.46. The first-order valence-electron chi connectivity index (χ1n) is 9.48. The minimum atomic E-state index is 0. The minimum Gasteiger partial charge on any atom is -0.376 e. The Morgan fingerprint density at radius 2 is 1.79 bits per heavy atom. The van der Waals surface area contributed by atoms with Crippen LogP contribution < -0.4 is 10.6 Å². The molecule has 2 rings (SSSR count). The van der Waals surface area contributed by atoms with E-state index in [1.807, 2.05) is 7.05 Å². The SMILES string of the molecule is CN=C(NCCOC1CCCCCC1)NCC(C)N(C)C1CC1.I. The van der Waals surface area contributed by atoms with Crippen LogP contribution in [0.4, 0.5) is 0 Å². The highest BCUT2D eigenvalue weighted by Gasteiger charge is 2.28. The van der Waals surface area contributed by atoms with Gasteiger partial charge in [0.05, 0.1) is 12.7 Å². The molecule has 0 amide bonds. The summed E-state index contributed by atoms with van der Waals surface area (Å²) < 4.78 is 6.01. The molecule has 0 aromatic rings. The molecule has 0 saturated heterocycles. The van der Waals surface area contributed by atoms with Crippen LogP contribution in [-0.2, 0) is 4.74 Å². The third-order valence-electron chi connectivity index (χ3n) is 5.16. The predicted molar refractivity (Wildman–Crippen MR) is 112 cm³/mol. The second-order valence-corrected chi connectivity index (χ2v) is 7.11. The fourth-order valence-corrected chi connectivity index (χ4v) is 3.25. The Balaban J connectivity index is 0.00000288. The molecule has 2 saturated carbocycles.